The van der Waals surface area contributed by atoms with Gasteiger partial charge in [0.15, 0.2) is 0 Å². The lowest BCUT2D eigenvalue weighted by Gasteiger charge is -2.18. The fraction of sp³-hybridized carbons (Fsp3) is 0.278. The Hall–Kier alpha value is -2.00. The Morgan fingerprint density at radius 3 is 2.82 bits per heavy atom. The summed E-state index contributed by atoms with van der Waals surface area (Å²) in [7, 11) is 0. The van der Waals surface area contributed by atoms with E-state index < -0.39 is 5.97 Å². The molecular weight excluding hydrogens is 300 g/mol. The summed E-state index contributed by atoms with van der Waals surface area (Å²) in [5, 5.41) is 9.42. The number of benzene rings is 1. The second-order valence-electron chi connectivity index (χ2n) is 6.08. The summed E-state index contributed by atoms with van der Waals surface area (Å²) in [4.78, 5) is 10.7. The van der Waals surface area contributed by atoms with Crippen LogP contribution in [0.3, 0.4) is 0 Å². The summed E-state index contributed by atoms with van der Waals surface area (Å²) >= 11 is 6.10. The van der Waals surface area contributed by atoms with Crippen molar-refractivity contribution in [1.82, 2.24) is 0 Å². The number of halogens is 1. The predicted molar refractivity (Wildman–Crippen MR) is 89.2 cm³/mol. The van der Waals surface area contributed by atoms with Gasteiger partial charge < -0.3 is 9.84 Å². The molecule has 0 fully saturated rings. The topological polar surface area (TPSA) is 46.5 Å². The zero-order valence-electron chi connectivity index (χ0n) is 12.9. The lowest BCUT2D eigenvalue weighted by Crippen LogP contribution is -2.17. The molecule has 4 heteroatoms. The Morgan fingerprint density at radius 1 is 1.41 bits per heavy atom. The number of carboxylic acids is 1. The third kappa shape index (κ3) is 4.25. The number of aliphatic carboxylic acids is 1. The van der Waals surface area contributed by atoms with E-state index in [2.05, 4.69) is 19.9 Å². The molecule has 116 valence electrons. The van der Waals surface area contributed by atoms with Crippen LogP contribution in [0.5, 0.6) is 5.75 Å². The van der Waals surface area contributed by atoms with Crippen LogP contribution in [0.25, 0.3) is 5.57 Å². The van der Waals surface area contributed by atoms with Crippen LogP contribution in [0, 0.1) is 5.41 Å². The van der Waals surface area contributed by atoms with E-state index in [0.717, 1.165) is 16.9 Å². The lowest BCUT2D eigenvalue weighted by atomic mass is 9.90. The van der Waals surface area contributed by atoms with Crippen molar-refractivity contribution in [3.8, 4) is 5.75 Å². The minimum Gasteiger partial charge on any atom is -0.492 e. The number of carbonyl (C=O) groups is 1. The van der Waals surface area contributed by atoms with Gasteiger partial charge in [-0.2, -0.15) is 0 Å². The van der Waals surface area contributed by atoms with E-state index in [1.54, 1.807) is 19.1 Å². The van der Waals surface area contributed by atoms with Crippen LogP contribution in [0.4, 0.5) is 0 Å². The van der Waals surface area contributed by atoms with Crippen LogP contribution < -0.4 is 4.74 Å². The highest BCUT2D eigenvalue weighted by molar-refractivity contribution is 6.30. The molecule has 0 saturated carbocycles. The molecule has 1 N–H and O–H groups in total. The van der Waals surface area contributed by atoms with Crippen LogP contribution >= 0.6 is 11.6 Å². The Bertz CT molecular complexity index is 682. The van der Waals surface area contributed by atoms with Crippen molar-refractivity contribution >= 4 is 23.1 Å². The van der Waals surface area contributed by atoms with Crippen molar-refractivity contribution in [2.24, 2.45) is 5.41 Å². The molecule has 0 atom stereocenters. The summed E-state index contributed by atoms with van der Waals surface area (Å²) in [5.41, 5.74) is 2.42. The standard InChI is InChI=1S/C18H19ClO3/c1-12(8-17(20)21)4-5-13-10-18(2,3)11-22-16-7-6-14(19)9-15(13)16/h4-10H,11H2,1-3H3,(H,20,21). The highest BCUT2D eigenvalue weighted by Gasteiger charge is 2.22. The Labute approximate surface area is 135 Å². The van der Waals surface area contributed by atoms with Gasteiger partial charge in [-0.1, -0.05) is 43.7 Å². The van der Waals surface area contributed by atoms with Crippen molar-refractivity contribution in [2.75, 3.05) is 6.61 Å². The predicted octanol–water partition coefficient (Wildman–Crippen LogP) is 4.73. The molecule has 22 heavy (non-hydrogen) atoms. The van der Waals surface area contributed by atoms with Crippen molar-refractivity contribution in [2.45, 2.75) is 20.8 Å². The second kappa shape index (κ2) is 6.41. The minimum absolute atomic E-state index is 0.129. The summed E-state index contributed by atoms with van der Waals surface area (Å²) in [6, 6.07) is 5.53. The quantitative estimate of drug-likeness (QED) is 0.647. The largest absolute Gasteiger partial charge is 0.492 e. The van der Waals surface area contributed by atoms with Gasteiger partial charge in [0.25, 0.3) is 0 Å². The van der Waals surface area contributed by atoms with Gasteiger partial charge in [0.2, 0.25) is 0 Å². The lowest BCUT2D eigenvalue weighted by molar-refractivity contribution is -0.131. The molecule has 0 saturated heterocycles. The van der Waals surface area contributed by atoms with E-state index in [4.69, 9.17) is 21.4 Å². The normalized spacial score (nSPS) is 17.5. The first-order valence-corrected chi connectivity index (χ1v) is 7.39. The summed E-state index contributed by atoms with van der Waals surface area (Å²) < 4.78 is 5.87. The SMILES string of the molecule is CC(C=CC1=CC(C)(C)COc2ccc(Cl)cc21)=CC(=O)O. The number of hydrogen-bond acceptors (Lipinski definition) is 2. The number of ether oxygens (including phenoxy) is 1. The number of hydrogen-bond donors (Lipinski definition) is 1. The molecule has 3 nitrogen and oxygen atoms in total. The van der Waals surface area contributed by atoms with E-state index >= 15 is 0 Å². The van der Waals surface area contributed by atoms with Gasteiger partial charge in [-0.25, -0.2) is 4.79 Å². The zero-order valence-corrected chi connectivity index (χ0v) is 13.6. The molecule has 1 aliphatic rings. The molecule has 0 spiro atoms. The Balaban J connectivity index is 2.46. The van der Waals surface area contributed by atoms with E-state index in [1.165, 1.54) is 6.08 Å². The van der Waals surface area contributed by atoms with Crippen LogP contribution in [-0.2, 0) is 4.79 Å². The van der Waals surface area contributed by atoms with E-state index in [0.29, 0.717) is 17.2 Å². The molecule has 1 aromatic carbocycles. The first-order valence-electron chi connectivity index (χ1n) is 7.02. The molecule has 1 aliphatic heterocycles. The molecule has 1 aromatic rings. The molecule has 0 radical (unpaired) electrons. The number of rotatable bonds is 3. The average Bonchev–Trinajstić information content (AvgIpc) is 2.53. The summed E-state index contributed by atoms with van der Waals surface area (Å²) in [5.74, 6) is -0.171. The van der Waals surface area contributed by atoms with Crippen LogP contribution in [0.1, 0.15) is 26.3 Å². The second-order valence-corrected chi connectivity index (χ2v) is 6.51. The summed E-state index contributed by atoms with van der Waals surface area (Å²) in [6.07, 6.45) is 6.99. The monoisotopic (exact) mass is 318 g/mol. The fourth-order valence-electron chi connectivity index (χ4n) is 2.26. The van der Waals surface area contributed by atoms with Gasteiger partial charge in [-0.15, -0.1) is 0 Å². The number of fused-ring (bicyclic) bond motifs is 1. The van der Waals surface area contributed by atoms with Gasteiger partial charge in [-0.05, 0) is 36.3 Å². The minimum atomic E-state index is -0.955. The number of carboxylic acid groups (broad SMARTS) is 1. The molecule has 2 rings (SSSR count). The van der Waals surface area contributed by atoms with Gasteiger partial charge in [0.05, 0.1) is 6.61 Å². The first kappa shape index (κ1) is 16.4. The van der Waals surface area contributed by atoms with Crippen LogP contribution in [0.2, 0.25) is 5.02 Å². The van der Waals surface area contributed by atoms with Crippen LogP contribution in [0.15, 0.2) is 48.1 Å². The molecule has 0 amide bonds. The zero-order chi connectivity index (χ0) is 16.3. The molecule has 0 aliphatic carbocycles. The van der Waals surface area contributed by atoms with E-state index in [-0.39, 0.29) is 5.41 Å². The molecule has 0 unspecified atom stereocenters. The average molecular weight is 319 g/mol. The van der Waals surface area contributed by atoms with Gasteiger partial charge in [-0.3, -0.25) is 0 Å². The maximum absolute atomic E-state index is 10.7. The van der Waals surface area contributed by atoms with E-state index in [9.17, 15) is 4.79 Å². The summed E-state index contributed by atoms with van der Waals surface area (Å²) in [6.45, 7) is 6.51. The van der Waals surface area contributed by atoms with E-state index in [1.807, 2.05) is 18.2 Å². The number of allylic oxidation sites excluding steroid dienone is 4. The van der Waals surface area contributed by atoms with Crippen molar-refractivity contribution in [3.63, 3.8) is 0 Å². The van der Waals surface area contributed by atoms with Gasteiger partial charge >= 0.3 is 5.97 Å². The molecule has 0 bridgehead atoms. The van der Waals surface area contributed by atoms with Gasteiger partial charge in [0.1, 0.15) is 5.75 Å². The maximum atomic E-state index is 10.7. The third-order valence-corrected chi connectivity index (χ3v) is 3.51. The smallest absolute Gasteiger partial charge is 0.328 e. The highest BCUT2D eigenvalue weighted by atomic mass is 35.5. The molecule has 1 heterocycles. The highest BCUT2D eigenvalue weighted by Crippen LogP contribution is 2.37. The molecule has 0 aromatic heterocycles. The van der Waals surface area contributed by atoms with Crippen molar-refractivity contribution < 1.29 is 14.6 Å². The Kier molecular flexibility index (Phi) is 4.77. The third-order valence-electron chi connectivity index (χ3n) is 3.28. The van der Waals surface area contributed by atoms with Crippen LogP contribution in [-0.4, -0.2) is 17.7 Å². The maximum Gasteiger partial charge on any atom is 0.328 e. The molecular formula is C18H19ClO3. The Morgan fingerprint density at radius 2 is 2.14 bits per heavy atom. The van der Waals surface area contributed by atoms with Crippen molar-refractivity contribution in [3.05, 3.63) is 58.7 Å². The first-order chi connectivity index (χ1) is 10.3. The van der Waals surface area contributed by atoms with Gasteiger partial charge in [0, 0.05) is 22.1 Å². The van der Waals surface area contributed by atoms with Crippen molar-refractivity contribution in [1.29, 1.82) is 0 Å². The fourth-order valence-corrected chi connectivity index (χ4v) is 2.43.